The van der Waals surface area contributed by atoms with E-state index in [2.05, 4.69) is 0 Å². The number of hydrogen-bond acceptors (Lipinski definition) is 2. The molecule has 0 aromatic rings. The normalized spacial score (nSPS) is 18.9. The van der Waals surface area contributed by atoms with Gasteiger partial charge in [0.05, 0.1) is 12.2 Å². The Hall–Kier alpha value is -0.0800. The molecule has 0 saturated carbocycles. The smallest absolute Gasteiger partial charge is 0.0799 e. The van der Waals surface area contributed by atoms with Crippen LogP contribution in [0, 0.1) is 0 Å². The van der Waals surface area contributed by atoms with Crippen LogP contribution in [-0.4, -0.2) is 24.4 Å². The largest absolute Gasteiger partial charge is 0.391 e. The second kappa shape index (κ2) is 2.99. The standard InChI is InChI=1S/C5H12O2/c1-4(6)5(2)7-3/h4-6H,1-3H3/t4-,5?/m1/s1. The Bertz CT molecular complexity index is 43.3. The van der Waals surface area contributed by atoms with Crippen molar-refractivity contribution in [2.24, 2.45) is 0 Å². The number of rotatable bonds is 2. The zero-order valence-corrected chi connectivity index (χ0v) is 5.01. The second-order valence-corrected chi connectivity index (χ2v) is 1.68. The maximum atomic E-state index is 8.70. The van der Waals surface area contributed by atoms with Crippen molar-refractivity contribution >= 4 is 0 Å². The second-order valence-electron chi connectivity index (χ2n) is 1.68. The van der Waals surface area contributed by atoms with Gasteiger partial charge in [-0.25, -0.2) is 0 Å². The Kier molecular flexibility index (Phi) is 2.96. The van der Waals surface area contributed by atoms with Crippen molar-refractivity contribution in [2.75, 3.05) is 7.11 Å². The highest BCUT2D eigenvalue weighted by atomic mass is 16.5. The lowest BCUT2D eigenvalue weighted by atomic mass is 10.3. The van der Waals surface area contributed by atoms with Gasteiger partial charge in [0.1, 0.15) is 0 Å². The maximum absolute atomic E-state index is 8.70. The molecule has 0 fully saturated rings. The van der Waals surface area contributed by atoms with Crippen molar-refractivity contribution < 1.29 is 9.84 Å². The first-order valence-corrected chi connectivity index (χ1v) is 2.39. The Labute approximate surface area is 44.1 Å². The van der Waals surface area contributed by atoms with Gasteiger partial charge in [0.2, 0.25) is 0 Å². The maximum Gasteiger partial charge on any atom is 0.0799 e. The van der Waals surface area contributed by atoms with Gasteiger partial charge in [-0.3, -0.25) is 0 Å². The zero-order chi connectivity index (χ0) is 5.86. The van der Waals surface area contributed by atoms with Crippen LogP contribution in [0.4, 0.5) is 0 Å². The van der Waals surface area contributed by atoms with E-state index < -0.39 is 0 Å². The van der Waals surface area contributed by atoms with E-state index in [1.807, 2.05) is 6.92 Å². The molecule has 0 radical (unpaired) electrons. The van der Waals surface area contributed by atoms with E-state index in [9.17, 15) is 0 Å². The van der Waals surface area contributed by atoms with E-state index in [1.165, 1.54) is 0 Å². The molecule has 2 atom stereocenters. The summed E-state index contributed by atoms with van der Waals surface area (Å²) in [6.07, 6.45) is -0.398. The third-order valence-electron chi connectivity index (χ3n) is 1.05. The molecule has 1 N–H and O–H groups in total. The van der Waals surface area contributed by atoms with Gasteiger partial charge in [-0.1, -0.05) is 0 Å². The van der Waals surface area contributed by atoms with Crippen LogP contribution in [0.3, 0.4) is 0 Å². The van der Waals surface area contributed by atoms with Gasteiger partial charge in [0.25, 0.3) is 0 Å². The van der Waals surface area contributed by atoms with E-state index >= 15 is 0 Å². The van der Waals surface area contributed by atoms with Gasteiger partial charge in [0.15, 0.2) is 0 Å². The lowest BCUT2D eigenvalue weighted by Crippen LogP contribution is -2.20. The molecule has 0 aliphatic heterocycles. The molecule has 2 heteroatoms. The van der Waals surface area contributed by atoms with Gasteiger partial charge in [0, 0.05) is 7.11 Å². The van der Waals surface area contributed by atoms with Crippen LogP contribution in [0.15, 0.2) is 0 Å². The summed E-state index contributed by atoms with van der Waals surface area (Å²) in [4.78, 5) is 0. The molecule has 1 unspecified atom stereocenters. The summed E-state index contributed by atoms with van der Waals surface area (Å²) in [6, 6.07) is 0. The molecule has 0 heterocycles. The third-order valence-corrected chi connectivity index (χ3v) is 1.05. The fourth-order valence-corrected chi connectivity index (χ4v) is 0.197. The summed E-state index contributed by atoms with van der Waals surface area (Å²) in [5.74, 6) is 0. The van der Waals surface area contributed by atoms with Crippen LogP contribution in [-0.2, 0) is 4.74 Å². The van der Waals surface area contributed by atoms with E-state index in [1.54, 1.807) is 14.0 Å². The molecule has 0 aliphatic rings. The predicted molar refractivity (Wildman–Crippen MR) is 28.2 cm³/mol. The van der Waals surface area contributed by atoms with E-state index in [4.69, 9.17) is 9.84 Å². The molecule has 0 saturated heterocycles. The van der Waals surface area contributed by atoms with Gasteiger partial charge in [-0.05, 0) is 13.8 Å². The fourth-order valence-electron chi connectivity index (χ4n) is 0.197. The Balaban J connectivity index is 3.14. The molecule has 0 aliphatic carbocycles. The summed E-state index contributed by atoms with van der Waals surface area (Å²) in [5, 5.41) is 8.70. The number of aliphatic hydroxyl groups is 1. The molecular formula is C5H12O2. The third kappa shape index (κ3) is 2.60. The summed E-state index contributed by atoms with van der Waals surface area (Å²) in [5.41, 5.74) is 0. The molecule has 44 valence electrons. The van der Waals surface area contributed by atoms with E-state index in [-0.39, 0.29) is 12.2 Å². The summed E-state index contributed by atoms with van der Waals surface area (Å²) in [6.45, 7) is 3.53. The van der Waals surface area contributed by atoms with Gasteiger partial charge in [-0.15, -0.1) is 0 Å². The fraction of sp³-hybridized carbons (Fsp3) is 1.00. The van der Waals surface area contributed by atoms with Crippen LogP contribution in [0.25, 0.3) is 0 Å². The summed E-state index contributed by atoms with van der Waals surface area (Å²) < 4.78 is 4.76. The van der Waals surface area contributed by atoms with Crippen LogP contribution in [0.1, 0.15) is 13.8 Å². The molecule has 0 aromatic carbocycles. The van der Waals surface area contributed by atoms with Crippen molar-refractivity contribution in [1.29, 1.82) is 0 Å². The van der Waals surface area contributed by atoms with Gasteiger partial charge < -0.3 is 9.84 Å². The number of methoxy groups -OCH3 is 1. The Morgan fingerprint density at radius 2 is 1.86 bits per heavy atom. The SMILES string of the molecule is COC(C)[C@@H](C)O. The summed E-state index contributed by atoms with van der Waals surface area (Å²) >= 11 is 0. The minimum absolute atomic E-state index is 0.0417. The molecule has 2 nitrogen and oxygen atoms in total. The molecule has 0 amide bonds. The summed E-state index contributed by atoms with van der Waals surface area (Å²) in [7, 11) is 1.58. The average Bonchev–Trinajstić information content (AvgIpc) is 1.65. The zero-order valence-electron chi connectivity index (χ0n) is 5.01. The minimum Gasteiger partial charge on any atom is -0.391 e. The number of aliphatic hydroxyl groups excluding tert-OH is 1. The molecular weight excluding hydrogens is 92.1 g/mol. The van der Waals surface area contributed by atoms with Crippen molar-refractivity contribution in [3.05, 3.63) is 0 Å². The monoisotopic (exact) mass is 104 g/mol. The molecule has 0 aromatic heterocycles. The highest BCUT2D eigenvalue weighted by Crippen LogP contribution is 1.92. The molecule has 0 spiro atoms. The quantitative estimate of drug-likeness (QED) is 0.549. The first kappa shape index (κ1) is 6.92. The van der Waals surface area contributed by atoms with Crippen molar-refractivity contribution in [2.45, 2.75) is 26.1 Å². The Morgan fingerprint density at radius 3 is 1.86 bits per heavy atom. The first-order valence-electron chi connectivity index (χ1n) is 2.39. The van der Waals surface area contributed by atoms with Gasteiger partial charge >= 0.3 is 0 Å². The average molecular weight is 104 g/mol. The molecule has 0 rings (SSSR count). The molecule has 7 heavy (non-hydrogen) atoms. The van der Waals surface area contributed by atoms with Crippen LogP contribution in [0.5, 0.6) is 0 Å². The van der Waals surface area contributed by atoms with Crippen LogP contribution >= 0.6 is 0 Å². The van der Waals surface area contributed by atoms with E-state index in [0.717, 1.165) is 0 Å². The minimum atomic E-state index is -0.356. The van der Waals surface area contributed by atoms with Crippen LogP contribution < -0.4 is 0 Å². The van der Waals surface area contributed by atoms with Crippen molar-refractivity contribution in [3.8, 4) is 0 Å². The number of hydrogen-bond donors (Lipinski definition) is 1. The van der Waals surface area contributed by atoms with Crippen LogP contribution in [0.2, 0.25) is 0 Å². The highest BCUT2D eigenvalue weighted by Gasteiger charge is 2.03. The highest BCUT2D eigenvalue weighted by molar-refractivity contribution is 4.53. The predicted octanol–water partition coefficient (Wildman–Crippen LogP) is 0.402. The lowest BCUT2D eigenvalue weighted by Gasteiger charge is -2.10. The van der Waals surface area contributed by atoms with Crippen molar-refractivity contribution in [3.63, 3.8) is 0 Å². The van der Waals surface area contributed by atoms with Gasteiger partial charge in [-0.2, -0.15) is 0 Å². The molecule has 0 bridgehead atoms. The lowest BCUT2D eigenvalue weighted by molar-refractivity contribution is 0.00997. The van der Waals surface area contributed by atoms with E-state index in [0.29, 0.717) is 0 Å². The number of ether oxygens (including phenoxy) is 1. The Morgan fingerprint density at radius 1 is 1.43 bits per heavy atom. The topological polar surface area (TPSA) is 29.5 Å². The van der Waals surface area contributed by atoms with Crippen molar-refractivity contribution in [1.82, 2.24) is 0 Å². The first-order chi connectivity index (χ1) is 3.18.